The van der Waals surface area contributed by atoms with E-state index in [4.69, 9.17) is 21.1 Å². The fraction of sp³-hybridized carbons (Fsp3) is 0.333. The topological polar surface area (TPSA) is 64.6 Å². The second-order valence-electron chi connectivity index (χ2n) is 5.80. The molecule has 3 rings (SSSR count). The zero-order chi connectivity index (χ0) is 18.0. The van der Waals surface area contributed by atoms with Crippen molar-refractivity contribution >= 4 is 39.8 Å². The third-order valence-electron chi connectivity index (χ3n) is 4.06. The Labute approximate surface area is 154 Å². The van der Waals surface area contributed by atoms with Crippen molar-refractivity contribution in [3.63, 3.8) is 0 Å². The summed E-state index contributed by atoms with van der Waals surface area (Å²) in [6, 6.07) is 5.21. The summed E-state index contributed by atoms with van der Waals surface area (Å²) in [6.45, 7) is 1.71. The number of fused-ring (bicyclic) bond motifs is 1. The van der Waals surface area contributed by atoms with E-state index in [2.05, 4.69) is 5.32 Å². The minimum Gasteiger partial charge on any atom is -0.483 e. The molecule has 132 valence electrons. The molecule has 1 aromatic carbocycles. The highest BCUT2D eigenvalue weighted by Crippen LogP contribution is 2.39. The van der Waals surface area contributed by atoms with E-state index in [-0.39, 0.29) is 12.5 Å². The molecule has 0 bridgehead atoms. The van der Waals surface area contributed by atoms with Gasteiger partial charge in [-0.05, 0) is 55.5 Å². The number of thiophene rings is 1. The lowest BCUT2D eigenvalue weighted by Gasteiger charge is -2.10. The van der Waals surface area contributed by atoms with E-state index in [0.29, 0.717) is 21.3 Å². The van der Waals surface area contributed by atoms with Gasteiger partial charge >= 0.3 is 5.97 Å². The van der Waals surface area contributed by atoms with Gasteiger partial charge in [0.25, 0.3) is 5.91 Å². The van der Waals surface area contributed by atoms with Crippen molar-refractivity contribution in [1.29, 1.82) is 0 Å². The lowest BCUT2D eigenvalue weighted by Crippen LogP contribution is -2.21. The number of carbonyl (C=O) groups excluding carboxylic acids is 2. The van der Waals surface area contributed by atoms with Crippen molar-refractivity contribution in [2.75, 3.05) is 19.0 Å². The summed E-state index contributed by atoms with van der Waals surface area (Å²) < 4.78 is 10.4. The molecule has 1 N–H and O–H groups in total. The number of methoxy groups -OCH3 is 1. The van der Waals surface area contributed by atoms with Crippen LogP contribution in [0.15, 0.2) is 18.2 Å². The fourth-order valence-corrected chi connectivity index (χ4v) is 4.41. The Balaban J connectivity index is 1.70. The Bertz CT molecular complexity index is 831. The van der Waals surface area contributed by atoms with Gasteiger partial charge in [0.15, 0.2) is 6.61 Å². The molecule has 1 aromatic heterocycles. The lowest BCUT2D eigenvalue weighted by molar-refractivity contribution is -0.118. The number of benzene rings is 1. The predicted molar refractivity (Wildman–Crippen MR) is 98.0 cm³/mol. The van der Waals surface area contributed by atoms with Gasteiger partial charge in [-0.3, -0.25) is 4.79 Å². The molecule has 0 unspecified atom stereocenters. The van der Waals surface area contributed by atoms with Crippen LogP contribution in [-0.4, -0.2) is 25.6 Å². The van der Waals surface area contributed by atoms with Crippen LogP contribution in [0.2, 0.25) is 5.02 Å². The number of rotatable bonds is 5. The number of hydrogen-bond acceptors (Lipinski definition) is 5. The van der Waals surface area contributed by atoms with E-state index < -0.39 is 5.97 Å². The molecule has 2 aromatic rings. The summed E-state index contributed by atoms with van der Waals surface area (Å²) in [5.41, 5.74) is 2.34. The van der Waals surface area contributed by atoms with Crippen LogP contribution in [-0.2, 0) is 22.4 Å². The first-order valence-corrected chi connectivity index (χ1v) is 9.10. The zero-order valence-corrected chi connectivity index (χ0v) is 15.6. The van der Waals surface area contributed by atoms with Gasteiger partial charge in [-0.15, -0.1) is 11.3 Å². The smallest absolute Gasteiger partial charge is 0.341 e. The number of aryl methyl sites for hydroxylation is 2. The van der Waals surface area contributed by atoms with E-state index in [9.17, 15) is 9.59 Å². The molecular formula is C18H18ClNO4S. The third-order valence-corrected chi connectivity index (χ3v) is 5.50. The number of anilines is 1. The molecular weight excluding hydrogens is 362 g/mol. The van der Waals surface area contributed by atoms with E-state index in [1.807, 2.05) is 6.92 Å². The van der Waals surface area contributed by atoms with Gasteiger partial charge in [-0.1, -0.05) is 11.6 Å². The zero-order valence-electron chi connectivity index (χ0n) is 14.0. The summed E-state index contributed by atoms with van der Waals surface area (Å²) in [7, 11) is 1.35. The second-order valence-corrected chi connectivity index (χ2v) is 7.34. The monoisotopic (exact) mass is 379 g/mol. The fourth-order valence-electron chi connectivity index (χ4n) is 2.89. The van der Waals surface area contributed by atoms with Crippen molar-refractivity contribution in [2.45, 2.75) is 26.2 Å². The normalized spacial score (nSPS) is 12.6. The lowest BCUT2D eigenvalue weighted by atomic mass is 10.1. The number of nitrogens with one attached hydrogen (secondary N) is 1. The van der Waals surface area contributed by atoms with Crippen LogP contribution in [0, 0.1) is 6.92 Å². The maximum atomic E-state index is 12.2. The van der Waals surface area contributed by atoms with Crippen LogP contribution in [0.25, 0.3) is 0 Å². The molecule has 1 amide bonds. The second kappa shape index (κ2) is 7.45. The van der Waals surface area contributed by atoms with Gasteiger partial charge in [0, 0.05) is 9.90 Å². The number of carbonyl (C=O) groups is 2. The highest BCUT2D eigenvalue weighted by molar-refractivity contribution is 7.17. The number of esters is 1. The van der Waals surface area contributed by atoms with Crippen molar-refractivity contribution in [2.24, 2.45) is 0 Å². The van der Waals surface area contributed by atoms with Crippen LogP contribution in [0.3, 0.4) is 0 Å². The molecule has 0 atom stereocenters. The molecule has 7 heteroatoms. The van der Waals surface area contributed by atoms with Crippen molar-refractivity contribution in [1.82, 2.24) is 0 Å². The number of amides is 1. The summed E-state index contributed by atoms with van der Waals surface area (Å²) in [5.74, 6) is -0.134. The first-order chi connectivity index (χ1) is 12.0. The molecule has 0 radical (unpaired) electrons. The molecule has 1 aliphatic carbocycles. The van der Waals surface area contributed by atoms with Gasteiger partial charge < -0.3 is 14.8 Å². The minimum absolute atomic E-state index is 0.147. The quantitative estimate of drug-likeness (QED) is 0.797. The minimum atomic E-state index is -0.413. The molecule has 0 saturated heterocycles. The Morgan fingerprint density at radius 3 is 2.84 bits per heavy atom. The molecule has 25 heavy (non-hydrogen) atoms. The molecule has 1 heterocycles. The average Bonchev–Trinajstić information content (AvgIpc) is 3.14. The molecule has 5 nitrogen and oxygen atoms in total. The molecule has 0 saturated carbocycles. The number of hydrogen-bond donors (Lipinski definition) is 1. The molecule has 1 aliphatic rings. The largest absolute Gasteiger partial charge is 0.483 e. The van der Waals surface area contributed by atoms with Crippen LogP contribution >= 0.6 is 22.9 Å². The van der Waals surface area contributed by atoms with Crippen LogP contribution < -0.4 is 10.1 Å². The maximum Gasteiger partial charge on any atom is 0.341 e. The Kier molecular flexibility index (Phi) is 5.30. The first kappa shape index (κ1) is 17.8. The number of halogens is 1. The molecule has 0 aliphatic heterocycles. The average molecular weight is 380 g/mol. The van der Waals surface area contributed by atoms with Crippen LogP contribution in [0.4, 0.5) is 5.00 Å². The molecule has 0 fully saturated rings. The Morgan fingerprint density at radius 2 is 2.12 bits per heavy atom. The highest BCUT2D eigenvalue weighted by atomic mass is 35.5. The molecule has 0 spiro atoms. The summed E-state index contributed by atoms with van der Waals surface area (Å²) in [5, 5.41) is 3.94. The SMILES string of the molecule is COC(=O)c1c(NC(=O)COc2ccc(Cl)cc2C)sc2c1CCC2. The van der Waals surface area contributed by atoms with Gasteiger partial charge in [0.05, 0.1) is 12.7 Å². The summed E-state index contributed by atoms with van der Waals surface area (Å²) in [4.78, 5) is 25.5. The third kappa shape index (κ3) is 3.80. The van der Waals surface area contributed by atoms with Crippen molar-refractivity contribution in [3.05, 3.63) is 44.8 Å². The van der Waals surface area contributed by atoms with E-state index in [1.165, 1.54) is 18.4 Å². The van der Waals surface area contributed by atoms with Crippen molar-refractivity contribution in [3.8, 4) is 5.75 Å². The highest BCUT2D eigenvalue weighted by Gasteiger charge is 2.28. The van der Waals surface area contributed by atoms with E-state index in [0.717, 1.165) is 35.3 Å². The van der Waals surface area contributed by atoms with Crippen LogP contribution in [0.5, 0.6) is 5.75 Å². The summed E-state index contributed by atoms with van der Waals surface area (Å²) >= 11 is 7.35. The summed E-state index contributed by atoms with van der Waals surface area (Å²) in [6.07, 6.45) is 2.80. The maximum absolute atomic E-state index is 12.2. The van der Waals surface area contributed by atoms with E-state index >= 15 is 0 Å². The Morgan fingerprint density at radius 1 is 1.32 bits per heavy atom. The van der Waals surface area contributed by atoms with E-state index in [1.54, 1.807) is 18.2 Å². The Hall–Kier alpha value is -2.05. The van der Waals surface area contributed by atoms with Crippen LogP contribution in [0.1, 0.15) is 32.8 Å². The van der Waals surface area contributed by atoms with Gasteiger partial charge in [0.2, 0.25) is 0 Å². The predicted octanol–water partition coefficient (Wildman–Crippen LogP) is 4.00. The standard InChI is InChI=1S/C18H18ClNO4S/c1-10-8-11(19)6-7-13(10)24-9-15(21)20-17-16(18(22)23-2)12-4-3-5-14(12)25-17/h6-8H,3-5,9H2,1-2H3,(H,20,21). The first-order valence-electron chi connectivity index (χ1n) is 7.91. The number of ether oxygens (including phenoxy) is 2. The van der Waals surface area contributed by atoms with Gasteiger partial charge in [0.1, 0.15) is 10.8 Å². The van der Waals surface area contributed by atoms with Gasteiger partial charge in [-0.25, -0.2) is 4.79 Å². The van der Waals surface area contributed by atoms with Crippen molar-refractivity contribution < 1.29 is 19.1 Å². The van der Waals surface area contributed by atoms with Gasteiger partial charge in [-0.2, -0.15) is 0 Å².